The molecule has 0 aliphatic heterocycles. The summed E-state index contributed by atoms with van der Waals surface area (Å²) in [5, 5.41) is 0. The summed E-state index contributed by atoms with van der Waals surface area (Å²) in [7, 11) is 1.34. The maximum atomic E-state index is 11.5. The van der Waals surface area contributed by atoms with E-state index < -0.39 is 5.97 Å². The van der Waals surface area contributed by atoms with E-state index in [9.17, 15) is 4.79 Å². The molecule has 0 unspecified atom stereocenters. The fraction of sp³-hybridized carbons (Fsp3) is 0.0556. The molecule has 0 bridgehead atoms. The number of esters is 1. The number of methoxy groups -OCH3 is 1. The maximum absolute atomic E-state index is 11.5. The van der Waals surface area contributed by atoms with Crippen LogP contribution in [0.25, 0.3) is 22.5 Å². The standard InChI is InChI=1S/C18H14N2O2/c1-22-18(21)17-9-5-8-16(20-17)15-11-10-14(12-19-15)13-6-3-2-4-7-13/h2-12H,1H3. The van der Waals surface area contributed by atoms with Crippen molar-refractivity contribution < 1.29 is 9.53 Å². The molecular formula is C18H14N2O2. The first-order valence-corrected chi connectivity index (χ1v) is 6.85. The first kappa shape index (κ1) is 13.9. The van der Waals surface area contributed by atoms with Crippen molar-refractivity contribution in [3.63, 3.8) is 0 Å². The first-order valence-electron chi connectivity index (χ1n) is 6.85. The summed E-state index contributed by atoms with van der Waals surface area (Å²) < 4.78 is 4.68. The molecule has 0 aliphatic rings. The summed E-state index contributed by atoms with van der Waals surface area (Å²) in [6.45, 7) is 0. The van der Waals surface area contributed by atoms with Gasteiger partial charge in [0.25, 0.3) is 0 Å². The first-order chi connectivity index (χ1) is 10.8. The van der Waals surface area contributed by atoms with E-state index in [1.807, 2.05) is 48.5 Å². The number of rotatable bonds is 3. The minimum Gasteiger partial charge on any atom is -0.464 e. The predicted octanol–water partition coefficient (Wildman–Crippen LogP) is 3.60. The molecule has 0 fully saturated rings. The lowest BCUT2D eigenvalue weighted by Crippen LogP contribution is -2.04. The van der Waals surface area contributed by atoms with Gasteiger partial charge in [-0.05, 0) is 23.8 Å². The zero-order valence-electron chi connectivity index (χ0n) is 12.1. The van der Waals surface area contributed by atoms with Crippen LogP contribution in [-0.4, -0.2) is 23.0 Å². The van der Waals surface area contributed by atoms with Crippen LogP contribution < -0.4 is 0 Å². The van der Waals surface area contributed by atoms with Crippen LogP contribution in [0.5, 0.6) is 0 Å². The maximum Gasteiger partial charge on any atom is 0.356 e. The Morgan fingerprint density at radius 1 is 0.864 bits per heavy atom. The summed E-state index contributed by atoms with van der Waals surface area (Å²) >= 11 is 0. The Balaban J connectivity index is 1.92. The van der Waals surface area contributed by atoms with Crippen LogP contribution in [0.1, 0.15) is 10.5 Å². The minimum atomic E-state index is -0.456. The van der Waals surface area contributed by atoms with E-state index in [-0.39, 0.29) is 5.69 Å². The van der Waals surface area contributed by atoms with E-state index in [0.29, 0.717) is 11.4 Å². The Labute approximate surface area is 128 Å². The van der Waals surface area contributed by atoms with Gasteiger partial charge in [-0.15, -0.1) is 0 Å². The average Bonchev–Trinajstić information content (AvgIpc) is 2.62. The van der Waals surface area contributed by atoms with Gasteiger partial charge < -0.3 is 4.74 Å². The number of hydrogen-bond acceptors (Lipinski definition) is 4. The highest BCUT2D eigenvalue weighted by Gasteiger charge is 2.09. The zero-order valence-corrected chi connectivity index (χ0v) is 12.1. The second-order valence-electron chi connectivity index (χ2n) is 4.70. The van der Waals surface area contributed by atoms with E-state index >= 15 is 0 Å². The quantitative estimate of drug-likeness (QED) is 0.692. The van der Waals surface area contributed by atoms with Crippen LogP contribution in [0.3, 0.4) is 0 Å². The number of aromatic nitrogens is 2. The van der Waals surface area contributed by atoms with Crippen LogP contribution in [0, 0.1) is 0 Å². The smallest absolute Gasteiger partial charge is 0.356 e. The molecule has 3 rings (SSSR count). The van der Waals surface area contributed by atoms with Crippen LogP contribution in [-0.2, 0) is 4.74 Å². The average molecular weight is 290 g/mol. The minimum absolute atomic E-state index is 0.272. The molecule has 108 valence electrons. The Hall–Kier alpha value is -3.01. The number of hydrogen-bond donors (Lipinski definition) is 0. The van der Waals surface area contributed by atoms with Gasteiger partial charge in [0, 0.05) is 11.8 Å². The van der Waals surface area contributed by atoms with Gasteiger partial charge in [0.05, 0.1) is 18.5 Å². The summed E-state index contributed by atoms with van der Waals surface area (Å²) in [6.07, 6.45) is 1.80. The molecule has 0 atom stereocenters. The van der Waals surface area contributed by atoms with Crippen molar-refractivity contribution in [2.75, 3.05) is 7.11 Å². The topological polar surface area (TPSA) is 52.1 Å². The van der Waals surface area contributed by atoms with Crippen LogP contribution in [0.4, 0.5) is 0 Å². The lowest BCUT2D eigenvalue weighted by atomic mass is 10.1. The van der Waals surface area contributed by atoms with Crippen molar-refractivity contribution in [2.45, 2.75) is 0 Å². The van der Waals surface area contributed by atoms with Crippen molar-refractivity contribution in [2.24, 2.45) is 0 Å². The monoisotopic (exact) mass is 290 g/mol. The number of nitrogens with zero attached hydrogens (tertiary/aromatic N) is 2. The molecule has 2 heterocycles. The largest absolute Gasteiger partial charge is 0.464 e. The lowest BCUT2D eigenvalue weighted by molar-refractivity contribution is 0.0594. The summed E-state index contributed by atoms with van der Waals surface area (Å²) in [6, 6.07) is 19.1. The van der Waals surface area contributed by atoms with E-state index in [1.54, 1.807) is 18.3 Å². The summed E-state index contributed by atoms with van der Waals surface area (Å²) in [5.74, 6) is -0.456. The lowest BCUT2D eigenvalue weighted by Gasteiger charge is -2.05. The molecule has 0 N–H and O–H groups in total. The fourth-order valence-corrected chi connectivity index (χ4v) is 2.14. The van der Waals surface area contributed by atoms with E-state index in [0.717, 1.165) is 11.1 Å². The van der Waals surface area contributed by atoms with Crippen molar-refractivity contribution in [3.05, 3.63) is 72.6 Å². The highest BCUT2D eigenvalue weighted by molar-refractivity contribution is 5.87. The Kier molecular flexibility index (Phi) is 3.92. The van der Waals surface area contributed by atoms with Crippen molar-refractivity contribution >= 4 is 5.97 Å². The van der Waals surface area contributed by atoms with Gasteiger partial charge in [-0.2, -0.15) is 0 Å². The molecule has 0 spiro atoms. The molecule has 0 aliphatic carbocycles. The molecular weight excluding hydrogens is 276 g/mol. The number of carbonyl (C=O) groups is 1. The third-order valence-electron chi connectivity index (χ3n) is 3.28. The summed E-state index contributed by atoms with van der Waals surface area (Å²) in [4.78, 5) is 20.2. The second kappa shape index (κ2) is 6.18. The molecule has 1 aromatic carbocycles. The third-order valence-corrected chi connectivity index (χ3v) is 3.28. The molecule has 0 saturated carbocycles. The summed E-state index contributed by atoms with van der Waals surface area (Å²) in [5.41, 5.74) is 3.77. The molecule has 0 saturated heterocycles. The Bertz CT molecular complexity index is 784. The normalized spacial score (nSPS) is 10.2. The van der Waals surface area contributed by atoms with E-state index in [4.69, 9.17) is 0 Å². The SMILES string of the molecule is COC(=O)c1cccc(-c2ccc(-c3ccccc3)cn2)n1. The van der Waals surface area contributed by atoms with Gasteiger partial charge in [-0.3, -0.25) is 4.98 Å². The van der Waals surface area contributed by atoms with Crippen LogP contribution >= 0.6 is 0 Å². The molecule has 2 aromatic heterocycles. The highest BCUT2D eigenvalue weighted by atomic mass is 16.5. The zero-order chi connectivity index (χ0) is 15.4. The predicted molar refractivity (Wildman–Crippen MR) is 84.2 cm³/mol. The van der Waals surface area contributed by atoms with Crippen molar-refractivity contribution in [3.8, 4) is 22.5 Å². The molecule has 22 heavy (non-hydrogen) atoms. The van der Waals surface area contributed by atoms with Crippen LogP contribution in [0.2, 0.25) is 0 Å². The Morgan fingerprint density at radius 3 is 2.36 bits per heavy atom. The molecule has 0 amide bonds. The fourth-order valence-electron chi connectivity index (χ4n) is 2.14. The second-order valence-corrected chi connectivity index (χ2v) is 4.70. The number of carbonyl (C=O) groups excluding carboxylic acids is 1. The molecule has 0 radical (unpaired) electrons. The molecule has 3 aromatic rings. The number of pyridine rings is 2. The van der Waals surface area contributed by atoms with Gasteiger partial charge in [-0.25, -0.2) is 9.78 Å². The molecule has 4 heteroatoms. The van der Waals surface area contributed by atoms with Gasteiger partial charge in [0.1, 0.15) is 5.69 Å². The van der Waals surface area contributed by atoms with Gasteiger partial charge in [0.15, 0.2) is 0 Å². The van der Waals surface area contributed by atoms with Crippen molar-refractivity contribution in [1.29, 1.82) is 0 Å². The van der Waals surface area contributed by atoms with Crippen molar-refractivity contribution in [1.82, 2.24) is 9.97 Å². The highest BCUT2D eigenvalue weighted by Crippen LogP contribution is 2.21. The Morgan fingerprint density at radius 2 is 1.68 bits per heavy atom. The van der Waals surface area contributed by atoms with Gasteiger partial charge >= 0.3 is 5.97 Å². The van der Waals surface area contributed by atoms with Crippen LogP contribution in [0.15, 0.2) is 66.9 Å². The number of benzene rings is 1. The van der Waals surface area contributed by atoms with Gasteiger partial charge in [-0.1, -0.05) is 42.5 Å². The van der Waals surface area contributed by atoms with Gasteiger partial charge in [0.2, 0.25) is 0 Å². The number of ether oxygens (including phenoxy) is 1. The van der Waals surface area contributed by atoms with E-state index in [1.165, 1.54) is 7.11 Å². The third kappa shape index (κ3) is 2.86. The van der Waals surface area contributed by atoms with E-state index in [2.05, 4.69) is 14.7 Å². The molecule has 4 nitrogen and oxygen atoms in total.